The Labute approximate surface area is 154 Å². The van der Waals surface area contributed by atoms with Crippen molar-refractivity contribution >= 4 is 39.1 Å². The van der Waals surface area contributed by atoms with E-state index in [1.165, 1.54) is 6.07 Å². The zero-order valence-corrected chi connectivity index (χ0v) is 14.9. The van der Waals surface area contributed by atoms with Crippen molar-refractivity contribution < 1.29 is 22.4 Å². The van der Waals surface area contributed by atoms with Crippen molar-refractivity contribution in [2.45, 2.75) is 23.8 Å². The lowest BCUT2D eigenvalue weighted by atomic mass is 10.2. The van der Waals surface area contributed by atoms with Crippen molar-refractivity contribution in [2.75, 3.05) is 5.32 Å². The summed E-state index contributed by atoms with van der Waals surface area (Å²) in [6.07, 6.45) is -0.0142. The van der Waals surface area contributed by atoms with Crippen LogP contribution in [0, 0.1) is 5.82 Å². The third kappa shape index (κ3) is 3.56. The van der Waals surface area contributed by atoms with Gasteiger partial charge in [0, 0.05) is 17.1 Å². The fourth-order valence-corrected chi connectivity index (χ4v) is 4.51. The smallest absolute Gasteiger partial charge is 0.267 e. The summed E-state index contributed by atoms with van der Waals surface area (Å²) in [6, 6.07) is 9.25. The molecule has 9 heteroatoms. The average Bonchev–Trinajstić information content (AvgIpc) is 2.98. The van der Waals surface area contributed by atoms with Gasteiger partial charge in [-0.05, 0) is 48.9 Å². The van der Waals surface area contributed by atoms with Gasteiger partial charge in [-0.15, -0.1) is 0 Å². The Morgan fingerprint density at radius 3 is 2.54 bits per heavy atom. The van der Waals surface area contributed by atoms with Crippen LogP contribution in [-0.2, 0) is 19.6 Å². The number of rotatable bonds is 4. The zero-order valence-electron chi connectivity index (χ0n) is 13.4. The van der Waals surface area contributed by atoms with Crippen molar-refractivity contribution in [2.24, 2.45) is 0 Å². The third-order valence-electron chi connectivity index (χ3n) is 3.93. The number of hydrogen-bond acceptors (Lipinski definition) is 4. The molecule has 0 radical (unpaired) electrons. The maximum atomic E-state index is 13.1. The molecule has 3 rings (SSSR count). The quantitative estimate of drug-likeness (QED) is 0.861. The second kappa shape index (κ2) is 7.05. The van der Waals surface area contributed by atoms with Gasteiger partial charge in [0.1, 0.15) is 11.9 Å². The maximum Gasteiger partial charge on any atom is 0.267 e. The molecular formula is C17H14ClFN2O4S. The summed E-state index contributed by atoms with van der Waals surface area (Å²) in [6.45, 7) is 0. The molecule has 1 aliphatic rings. The van der Waals surface area contributed by atoms with Crippen LogP contribution in [0.4, 0.5) is 10.1 Å². The highest BCUT2D eigenvalue weighted by Gasteiger charge is 2.44. The number of halogens is 2. The minimum absolute atomic E-state index is 0.0612. The van der Waals surface area contributed by atoms with Crippen LogP contribution in [0.2, 0.25) is 5.02 Å². The van der Waals surface area contributed by atoms with Gasteiger partial charge in [0.05, 0.1) is 4.90 Å². The minimum atomic E-state index is -4.27. The first-order valence-corrected chi connectivity index (χ1v) is 9.50. The van der Waals surface area contributed by atoms with Crippen LogP contribution in [0.15, 0.2) is 53.4 Å². The molecule has 136 valence electrons. The Morgan fingerprint density at radius 2 is 1.88 bits per heavy atom. The molecule has 6 nitrogen and oxygen atoms in total. The number of sulfonamides is 1. The van der Waals surface area contributed by atoms with Crippen molar-refractivity contribution in [3.05, 3.63) is 59.4 Å². The summed E-state index contributed by atoms with van der Waals surface area (Å²) in [5, 5.41) is 2.97. The molecule has 2 aromatic rings. The van der Waals surface area contributed by atoms with E-state index in [1.807, 2.05) is 0 Å². The number of carbonyl (C=O) groups is 2. The summed E-state index contributed by atoms with van der Waals surface area (Å²) in [4.78, 5) is 24.4. The Hall–Kier alpha value is -2.45. The maximum absolute atomic E-state index is 13.1. The molecule has 0 bridgehead atoms. The van der Waals surface area contributed by atoms with Crippen LogP contribution in [-0.4, -0.2) is 30.6 Å². The summed E-state index contributed by atoms with van der Waals surface area (Å²) in [5.74, 6) is -1.92. The largest absolute Gasteiger partial charge is 0.324 e. The molecule has 0 spiro atoms. The summed E-state index contributed by atoms with van der Waals surface area (Å²) in [7, 11) is -4.27. The van der Waals surface area contributed by atoms with Gasteiger partial charge in [0.25, 0.3) is 10.0 Å². The van der Waals surface area contributed by atoms with E-state index >= 15 is 0 Å². The number of hydrogen-bond donors (Lipinski definition) is 1. The van der Waals surface area contributed by atoms with Crippen LogP contribution in [0.5, 0.6) is 0 Å². The first-order chi connectivity index (χ1) is 12.3. The molecule has 1 saturated heterocycles. The van der Waals surface area contributed by atoms with Gasteiger partial charge in [0.15, 0.2) is 0 Å². The minimum Gasteiger partial charge on any atom is -0.324 e. The van der Waals surface area contributed by atoms with Gasteiger partial charge in [0.2, 0.25) is 11.8 Å². The lowest BCUT2D eigenvalue weighted by Gasteiger charge is -2.23. The molecule has 0 aromatic heterocycles. The summed E-state index contributed by atoms with van der Waals surface area (Å²) in [5.41, 5.74) is 0.390. The highest BCUT2D eigenvalue weighted by molar-refractivity contribution is 7.89. The van der Waals surface area contributed by atoms with E-state index in [0.29, 0.717) is 15.0 Å². The number of nitrogens with one attached hydrogen (secondary N) is 1. The van der Waals surface area contributed by atoms with E-state index in [4.69, 9.17) is 11.6 Å². The zero-order chi connectivity index (χ0) is 18.9. The van der Waals surface area contributed by atoms with E-state index in [9.17, 15) is 22.4 Å². The van der Waals surface area contributed by atoms with Crippen molar-refractivity contribution in [3.63, 3.8) is 0 Å². The number of benzene rings is 2. The summed E-state index contributed by atoms with van der Waals surface area (Å²) >= 11 is 5.86. The Morgan fingerprint density at radius 1 is 1.19 bits per heavy atom. The average molecular weight is 397 g/mol. The SMILES string of the molecule is O=C(Nc1cccc(Cl)c1)[C@H]1CCC(=O)N1S(=O)(=O)c1ccc(F)cc1. The van der Waals surface area contributed by atoms with Crippen LogP contribution in [0.3, 0.4) is 0 Å². The number of nitrogens with zero attached hydrogens (tertiary/aromatic N) is 1. The predicted octanol–water partition coefficient (Wildman–Crippen LogP) is 2.80. The van der Waals surface area contributed by atoms with Gasteiger partial charge in [-0.3, -0.25) is 9.59 Å². The van der Waals surface area contributed by atoms with E-state index < -0.39 is 33.7 Å². The Kier molecular flexibility index (Phi) is 4.97. The molecule has 1 fully saturated rings. The van der Waals surface area contributed by atoms with Crippen LogP contribution >= 0.6 is 11.6 Å². The van der Waals surface area contributed by atoms with Crippen LogP contribution in [0.1, 0.15) is 12.8 Å². The topological polar surface area (TPSA) is 83.6 Å². The lowest BCUT2D eigenvalue weighted by Crippen LogP contribution is -2.45. The normalized spacial score (nSPS) is 17.4. The fraction of sp³-hybridized carbons (Fsp3) is 0.176. The fourth-order valence-electron chi connectivity index (χ4n) is 2.71. The molecule has 1 heterocycles. The molecule has 2 amide bonds. The summed E-state index contributed by atoms with van der Waals surface area (Å²) < 4.78 is 39.1. The van der Waals surface area contributed by atoms with Crippen molar-refractivity contribution in [1.82, 2.24) is 4.31 Å². The number of amides is 2. The second-order valence-corrected chi connectivity index (χ2v) is 7.95. The van der Waals surface area contributed by atoms with E-state index in [0.717, 1.165) is 24.3 Å². The Balaban J connectivity index is 1.88. The van der Waals surface area contributed by atoms with E-state index in [2.05, 4.69) is 5.32 Å². The molecular weight excluding hydrogens is 383 g/mol. The standard InChI is InChI=1S/C17H14ClFN2O4S/c18-11-2-1-3-13(10-11)20-17(23)15-8-9-16(22)21(15)26(24,25)14-6-4-12(19)5-7-14/h1-7,10,15H,8-9H2,(H,20,23)/t15-/m1/s1. The third-order valence-corrected chi connectivity index (χ3v) is 6.00. The highest BCUT2D eigenvalue weighted by atomic mass is 35.5. The van der Waals surface area contributed by atoms with Crippen LogP contribution in [0.25, 0.3) is 0 Å². The van der Waals surface area contributed by atoms with Crippen molar-refractivity contribution in [3.8, 4) is 0 Å². The molecule has 0 unspecified atom stereocenters. The number of carbonyl (C=O) groups excluding carboxylic acids is 2. The highest BCUT2D eigenvalue weighted by Crippen LogP contribution is 2.28. The first kappa shape index (κ1) is 18.3. The molecule has 26 heavy (non-hydrogen) atoms. The molecule has 0 aliphatic carbocycles. The van der Waals surface area contributed by atoms with E-state index in [1.54, 1.807) is 18.2 Å². The lowest BCUT2D eigenvalue weighted by molar-refractivity contribution is -0.128. The van der Waals surface area contributed by atoms with Gasteiger partial charge in [-0.2, -0.15) is 0 Å². The van der Waals surface area contributed by atoms with Gasteiger partial charge in [-0.25, -0.2) is 17.1 Å². The monoisotopic (exact) mass is 396 g/mol. The van der Waals surface area contributed by atoms with Crippen molar-refractivity contribution in [1.29, 1.82) is 0 Å². The number of anilines is 1. The van der Waals surface area contributed by atoms with Gasteiger partial charge in [-0.1, -0.05) is 17.7 Å². The van der Waals surface area contributed by atoms with E-state index in [-0.39, 0.29) is 17.7 Å². The van der Waals surface area contributed by atoms with Crippen LogP contribution < -0.4 is 5.32 Å². The molecule has 1 N–H and O–H groups in total. The molecule has 1 aliphatic heterocycles. The predicted molar refractivity (Wildman–Crippen MR) is 93.5 cm³/mol. The molecule has 0 saturated carbocycles. The Bertz CT molecular complexity index is 963. The molecule has 1 atom stereocenters. The van der Waals surface area contributed by atoms with Gasteiger partial charge < -0.3 is 5.32 Å². The first-order valence-electron chi connectivity index (χ1n) is 7.68. The van der Waals surface area contributed by atoms with Gasteiger partial charge >= 0.3 is 0 Å². The second-order valence-electron chi connectivity index (χ2n) is 5.70. The molecule has 2 aromatic carbocycles.